The molecule has 38 valence electrons. The molecule has 0 saturated carbocycles. The normalized spacial score (nSPS) is 9.00. The number of aromatic nitrogens is 1. The molecule has 0 aliphatic rings. The Labute approximate surface area is 58.0 Å². The van der Waals surface area contributed by atoms with Crippen LogP contribution in [0.25, 0.3) is 0 Å². The predicted molar refractivity (Wildman–Crippen MR) is 34.0 cm³/mol. The summed E-state index contributed by atoms with van der Waals surface area (Å²) in [7, 11) is 0. The molecule has 3 heteroatoms. The zero-order valence-electron chi connectivity index (χ0n) is 4.33. The van der Waals surface area contributed by atoms with Crippen molar-refractivity contribution < 1.29 is 0 Å². The fourth-order valence-corrected chi connectivity index (χ4v) is 0.775. The molecule has 8 heavy (non-hydrogen) atoms. The second-order valence-corrected chi connectivity index (χ2v) is 2.76. The minimum atomic E-state index is 0.728. The fraction of sp³-hybridized carbons (Fsp3) is 0. The van der Waals surface area contributed by atoms with E-state index in [-0.39, 0.29) is 0 Å². The Morgan fingerprint density at radius 3 is 2.62 bits per heavy atom. The maximum atomic E-state index is 5.37. The van der Waals surface area contributed by atoms with Gasteiger partial charge < -0.3 is 0 Å². The van der Waals surface area contributed by atoms with Gasteiger partial charge in [-0.3, -0.25) is 0 Å². The molecule has 0 aliphatic carbocycles. The Balaban J connectivity index is 3.03. The first-order chi connectivity index (χ1) is 3.79. The van der Waals surface area contributed by atoms with Crippen LogP contribution in [0.5, 0.6) is 0 Å². The molecule has 1 rings (SSSR count). The summed E-state index contributed by atoms with van der Waals surface area (Å²) in [5.74, 6) is 0. The van der Waals surface area contributed by atoms with Crippen molar-refractivity contribution in [2.75, 3.05) is 5.73 Å². The van der Waals surface area contributed by atoms with E-state index in [0.29, 0.717) is 0 Å². The molecule has 2 nitrogen and oxygen atoms in total. The fourth-order valence-electron chi connectivity index (χ4n) is 0.417. The van der Waals surface area contributed by atoms with E-state index in [2.05, 4.69) is 4.98 Å². The van der Waals surface area contributed by atoms with Gasteiger partial charge in [0.1, 0.15) is 0 Å². The Bertz CT molecular complexity index is 149. The molecule has 0 aromatic carbocycles. The van der Waals surface area contributed by atoms with Crippen molar-refractivity contribution >= 4 is 28.5 Å². The SMILES string of the molecule is Nc1cc[c]([Ga])nc1. The third-order valence-corrected chi connectivity index (χ3v) is 1.53. The van der Waals surface area contributed by atoms with Gasteiger partial charge in [-0.2, -0.15) is 0 Å². The molecule has 2 radical (unpaired) electrons. The second kappa shape index (κ2) is 2.24. The van der Waals surface area contributed by atoms with E-state index < -0.39 is 0 Å². The Hall–Kier alpha value is -0.414. The molecule has 0 unspecified atom stereocenters. The number of rotatable bonds is 0. The van der Waals surface area contributed by atoms with Gasteiger partial charge in [-0.15, -0.1) is 0 Å². The number of anilines is 1. The number of hydrogen-bond donors (Lipinski definition) is 1. The van der Waals surface area contributed by atoms with Crippen LogP contribution in [0.2, 0.25) is 0 Å². The minimum absolute atomic E-state index is 0.728. The molecule has 0 saturated heterocycles. The van der Waals surface area contributed by atoms with Crippen LogP contribution in [0.1, 0.15) is 0 Å². The van der Waals surface area contributed by atoms with Gasteiger partial charge in [0, 0.05) is 0 Å². The first kappa shape index (κ1) is 5.72. The van der Waals surface area contributed by atoms with Crippen LogP contribution < -0.4 is 9.98 Å². The van der Waals surface area contributed by atoms with Crippen molar-refractivity contribution in [2.45, 2.75) is 0 Å². The average molecular weight is 163 g/mol. The first-order valence-electron chi connectivity index (χ1n) is 2.26. The van der Waals surface area contributed by atoms with Gasteiger partial charge in [0.25, 0.3) is 0 Å². The van der Waals surface area contributed by atoms with E-state index in [1.807, 2.05) is 12.1 Å². The molecule has 0 spiro atoms. The molecule has 0 bridgehead atoms. The zero-order valence-corrected chi connectivity index (χ0v) is 6.76. The summed E-state index contributed by atoms with van der Waals surface area (Å²) < 4.78 is 1.06. The van der Waals surface area contributed by atoms with Gasteiger partial charge in [0.2, 0.25) is 0 Å². The van der Waals surface area contributed by atoms with Crippen LogP contribution in [-0.2, 0) is 0 Å². The van der Waals surface area contributed by atoms with Crippen molar-refractivity contribution in [3.63, 3.8) is 0 Å². The van der Waals surface area contributed by atoms with Crippen LogP contribution in [0.15, 0.2) is 18.3 Å². The van der Waals surface area contributed by atoms with Crippen LogP contribution in [0.4, 0.5) is 5.69 Å². The molecule has 1 aromatic heterocycles. The van der Waals surface area contributed by atoms with Crippen LogP contribution >= 0.6 is 0 Å². The van der Waals surface area contributed by atoms with E-state index in [1.54, 1.807) is 6.20 Å². The van der Waals surface area contributed by atoms with Crippen molar-refractivity contribution in [3.05, 3.63) is 18.3 Å². The molecule has 1 aromatic rings. The second-order valence-electron chi connectivity index (χ2n) is 1.52. The predicted octanol–water partition coefficient (Wildman–Crippen LogP) is -0.542. The Morgan fingerprint density at radius 1 is 1.50 bits per heavy atom. The molecular formula is C5H5GaN2. The van der Waals surface area contributed by atoms with Gasteiger partial charge in [0.05, 0.1) is 0 Å². The number of nitrogens with zero attached hydrogens (tertiary/aromatic N) is 1. The van der Waals surface area contributed by atoms with Gasteiger partial charge in [-0.1, -0.05) is 0 Å². The summed E-state index contributed by atoms with van der Waals surface area (Å²) in [5, 5.41) is 0. The first-order valence-corrected chi connectivity index (χ1v) is 3.47. The monoisotopic (exact) mass is 162 g/mol. The molecular weight excluding hydrogens is 158 g/mol. The molecule has 1 heterocycles. The van der Waals surface area contributed by atoms with E-state index in [9.17, 15) is 0 Å². The molecule has 2 N–H and O–H groups in total. The quantitative estimate of drug-likeness (QED) is 0.521. The van der Waals surface area contributed by atoms with Crippen molar-refractivity contribution in [3.8, 4) is 0 Å². The number of nitrogens with two attached hydrogens (primary N) is 1. The van der Waals surface area contributed by atoms with Crippen molar-refractivity contribution in [1.29, 1.82) is 0 Å². The van der Waals surface area contributed by atoms with Gasteiger partial charge in [0.15, 0.2) is 0 Å². The average Bonchev–Trinajstić information content (AvgIpc) is 1.77. The number of hydrogen-bond acceptors (Lipinski definition) is 2. The Kier molecular flexibility index (Phi) is 1.60. The standard InChI is InChI=1S/C5H5N2.Ga/c6-5-2-1-3-7-4-5;/h1-2,4H,6H2;. The van der Waals surface area contributed by atoms with Crippen LogP contribution in [-0.4, -0.2) is 23.6 Å². The number of nitrogen functional groups attached to an aromatic ring is 1. The van der Waals surface area contributed by atoms with Crippen molar-refractivity contribution in [1.82, 2.24) is 4.98 Å². The summed E-state index contributed by atoms with van der Waals surface area (Å²) >= 11 is 1.51. The maximum absolute atomic E-state index is 5.37. The van der Waals surface area contributed by atoms with E-state index in [4.69, 9.17) is 5.73 Å². The van der Waals surface area contributed by atoms with E-state index in [0.717, 1.165) is 9.94 Å². The third kappa shape index (κ3) is 1.28. The summed E-state index contributed by atoms with van der Waals surface area (Å²) in [4.78, 5) is 3.98. The van der Waals surface area contributed by atoms with E-state index in [1.165, 1.54) is 18.6 Å². The zero-order chi connectivity index (χ0) is 5.98. The van der Waals surface area contributed by atoms with Crippen LogP contribution in [0.3, 0.4) is 0 Å². The van der Waals surface area contributed by atoms with Gasteiger partial charge >= 0.3 is 57.6 Å². The molecule has 0 atom stereocenters. The summed E-state index contributed by atoms with van der Waals surface area (Å²) in [5.41, 5.74) is 6.10. The topological polar surface area (TPSA) is 38.9 Å². The molecule has 0 fully saturated rings. The molecule has 0 amide bonds. The van der Waals surface area contributed by atoms with Crippen molar-refractivity contribution in [2.24, 2.45) is 0 Å². The van der Waals surface area contributed by atoms with Crippen LogP contribution in [0, 0.1) is 0 Å². The summed E-state index contributed by atoms with van der Waals surface area (Å²) in [6, 6.07) is 3.76. The summed E-state index contributed by atoms with van der Waals surface area (Å²) in [6.45, 7) is 0. The summed E-state index contributed by atoms with van der Waals surface area (Å²) in [6.07, 6.45) is 1.66. The van der Waals surface area contributed by atoms with Gasteiger partial charge in [-0.05, 0) is 0 Å². The third-order valence-electron chi connectivity index (χ3n) is 0.809. The van der Waals surface area contributed by atoms with Gasteiger partial charge in [-0.25, -0.2) is 0 Å². The van der Waals surface area contributed by atoms with E-state index >= 15 is 0 Å². The number of pyridine rings is 1. The molecule has 0 aliphatic heterocycles. The Morgan fingerprint density at radius 2 is 2.25 bits per heavy atom.